The first-order valence-corrected chi connectivity index (χ1v) is 6.02. The summed E-state index contributed by atoms with van der Waals surface area (Å²) in [7, 11) is 2.93. The van der Waals surface area contributed by atoms with E-state index in [1.165, 1.54) is 26.4 Å². The summed E-state index contributed by atoms with van der Waals surface area (Å²) in [5.41, 5.74) is 6.72. The average molecular weight is 277 g/mol. The number of methoxy groups -OCH3 is 2. The highest BCUT2D eigenvalue weighted by Crippen LogP contribution is 2.34. The van der Waals surface area contributed by atoms with Crippen LogP contribution < -0.4 is 15.2 Å². The molecule has 0 amide bonds. The molecule has 3 N–H and O–H groups in total. The zero-order valence-electron chi connectivity index (χ0n) is 11.3. The average Bonchev–Trinajstić information content (AvgIpc) is 2.46. The molecule has 2 rings (SSSR count). The number of hydrogen-bond acceptors (Lipinski definition) is 4. The Morgan fingerprint density at radius 2 is 1.85 bits per heavy atom. The van der Waals surface area contributed by atoms with E-state index in [0.29, 0.717) is 17.1 Å². The van der Waals surface area contributed by atoms with Gasteiger partial charge < -0.3 is 20.3 Å². The molecule has 106 valence electrons. The number of ether oxygens (including phenoxy) is 2. The minimum Gasteiger partial charge on any atom is -0.497 e. The van der Waals surface area contributed by atoms with Crippen LogP contribution in [0.25, 0.3) is 0 Å². The van der Waals surface area contributed by atoms with Crippen molar-refractivity contribution < 1.29 is 19.0 Å². The zero-order valence-corrected chi connectivity index (χ0v) is 11.3. The van der Waals surface area contributed by atoms with Crippen molar-refractivity contribution in [2.75, 3.05) is 20.0 Å². The molecule has 1 unspecified atom stereocenters. The van der Waals surface area contributed by atoms with E-state index in [4.69, 9.17) is 15.2 Å². The number of halogens is 1. The quantitative estimate of drug-likeness (QED) is 0.843. The lowest BCUT2D eigenvalue weighted by Gasteiger charge is -2.16. The first-order valence-electron chi connectivity index (χ1n) is 6.02. The van der Waals surface area contributed by atoms with Crippen LogP contribution in [0.1, 0.15) is 17.2 Å². The highest BCUT2D eigenvalue weighted by molar-refractivity contribution is 5.60. The van der Waals surface area contributed by atoms with Crippen molar-refractivity contribution in [1.29, 1.82) is 0 Å². The second-order valence-corrected chi connectivity index (χ2v) is 4.25. The van der Waals surface area contributed by atoms with E-state index in [-0.39, 0.29) is 11.3 Å². The molecule has 0 saturated carbocycles. The van der Waals surface area contributed by atoms with E-state index in [0.717, 1.165) is 0 Å². The van der Waals surface area contributed by atoms with E-state index in [1.54, 1.807) is 24.3 Å². The molecule has 4 nitrogen and oxygen atoms in total. The molecule has 20 heavy (non-hydrogen) atoms. The molecule has 0 fully saturated rings. The molecule has 0 radical (unpaired) electrons. The number of nitrogen functional groups attached to an aromatic ring is 1. The van der Waals surface area contributed by atoms with Gasteiger partial charge in [-0.15, -0.1) is 0 Å². The van der Waals surface area contributed by atoms with Crippen molar-refractivity contribution in [3.05, 3.63) is 53.3 Å². The molecule has 0 aromatic heterocycles. The fraction of sp³-hybridized carbons (Fsp3) is 0.200. The van der Waals surface area contributed by atoms with Crippen molar-refractivity contribution in [2.45, 2.75) is 6.10 Å². The van der Waals surface area contributed by atoms with E-state index < -0.39 is 11.9 Å². The highest BCUT2D eigenvalue weighted by Gasteiger charge is 2.19. The second kappa shape index (κ2) is 5.79. The van der Waals surface area contributed by atoms with Gasteiger partial charge >= 0.3 is 0 Å². The van der Waals surface area contributed by atoms with Gasteiger partial charge in [0.25, 0.3) is 0 Å². The van der Waals surface area contributed by atoms with Crippen LogP contribution in [-0.2, 0) is 0 Å². The molecule has 0 saturated heterocycles. The third kappa shape index (κ3) is 2.53. The molecule has 0 bridgehead atoms. The molecule has 0 heterocycles. The van der Waals surface area contributed by atoms with Gasteiger partial charge in [0.2, 0.25) is 0 Å². The van der Waals surface area contributed by atoms with E-state index in [2.05, 4.69) is 0 Å². The minimum absolute atomic E-state index is 0.130. The van der Waals surface area contributed by atoms with Gasteiger partial charge in [-0.3, -0.25) is 0 Å². The summed E-state index contributed by atoms with van der Waals surface area (Å²) in [5.74, 6) is 0.270. The smallest absolute Gasteiger partial charge is 0.142 e. The number of aliphatic hydroxyl groups excluding tert-OH is 1. The Labute approximate surface area is 116 Å². The fourth-order valence-electron chi connectivity index (χ4n) is 2.00. The summed E-state index contributed by atoms with van der Waals surface area (Å²) < 4.78 is 24.0. The lowest BCUT2D eigenvalue weighted by atomic mass is 9.99. The third-order valence-electron chi connectivity index (χ3n) is 3.12. The molecule has 2 aromatic rings. The van der Waals surface area contributed by atoms with Gasteiger partial charge in [-0.05, 0) is 18.2 Å². The highest BCUT2D eigenvalue weighted by atomic mass is 19.1. The lowest BCUT2D eigenvalue weighted by Crippen LogP contribution is -2.07. The predicted octanol–water partition coefficient (Wildman–Crippen LogP) is 2.51. The topological polar surface area (TPSA) is 64.7 Å². The van der Waals surface area contributed by atoms with Crippen molar-refractivity contribution in [3.63, 3.8) is 0 Å². The molecule has 0 spiro atoms. The third-order valence-corrected chi connectivity index (χ3v) is 3.12. The molecular formula is C15H16FNO3. The van der Waals surface area contributed by atoms with Crippen LogP contribution >= 0.6 is 0 Å². The van der Waals surface area contributed by atoms with Crippen molar-refractivity contribution in [1.82, 2.24) is 0 Å². The molecular weight excluding hydrogens is 261 g/mol. The first kappa shape index (κ1) is 14.1. The van der Waals surface area contributed by atoms with Gasteiger partial charge in [0, 0.05) is 17.2 Å². The van der Waals surface area contributed by atoms with Crippen LogP contribution in [0.4, 0.5) is 10.1 Å². The maximum Gasteiger partial charge on any atom is 0.142 e. The molecule has 0 aliphatic carbocycles. The molecule has 2 aromatic carbocycles. The summed E-state index contributed by atoms with van der Waals surface area (Å²) in [4.78, 5) is 0. The van der Waals surface area contributed by atoms with Crippen LogP contribution in [0.2, 0.25) is 0 Å². The Morgan fingerprint density at radius 3 is 2.45 bits per heavy atom. The van der Waals surface area contributed by atoms with E-state index in [9.17, 15) is 9.50 Å². The lowest BCUT2D eigenvalue weighted by molar-refractivity contribution is 0.215. The fourth-order valence-corrected chi connectivity index (χ4v) is 2.00. The van der Waals surface area contributed by atoms with Gasteiger partial charge in [-0.25, -0.2) is 4.39 Å². The normalized spacial score (nSPS) is 12.0. The van der Waals surface area contributed by atoms with Crippen LogP contribution in [0, 0.1) is 5.82 Å². The summed E-state index contributed by atoms with van der Waals surface area (Å²) >= 11 is 0. The second-order valence-electron chi connectivity index (χ2n) is 4.25. The maximum absolute atomic E-state index is 14.0. The number of nitrogens with two attached hydrogens (primary N) is 1. The molecule has 1 atom stereocenters. The Balaban J connectivity index is 2.43. The van der Waals surface area contributed by atoms with Gasteiger partial charge in [-0.2, -0.15) is 0 Å². The van der Waals surface area contributed by atoms with Gasteiger partial charge in [0.05, 0.1) is 19.9 Å². The van der Waals surface area contributed by atoms with E-state index in [1.807, 2.05) is 0 Å². The SMILES string of the molecule is COc1ccc(C(O)c2cccc(OC)c2N)c(F)c1. The predicted molar refractivity (Wildman–Crippen MR) is 74.4 cm³/mol. The number of hydrogen-bond donors (Lipinski definition) is 2. The van der Waals surface area contributed by atoms with Crippen molar-refractivity contribution in [3.8, 4) is 11.5 Å². The maximum atomic E-state index is 14.0. The first-order chi connectivity index (χ1) is 9.58. The van der Waals surface area contributed by atoms with Gasteiger partial charge in [0.15, 0.2) is 0 Å². The summed E-state index contributed by atoms with van der Waals surface area (Å²) in [6, 6.07) is 9.27. The van der Waals surface area contributed by atoms with Gasteiger partial charge in [-0.1, -0.05) is 12.1 Å². The number of rotatable bonds is 4. The zero-order chi connectivity index (χ0) is 14.7. The number of benzene rings is 2. The summed E-state index contributed by atoms with van der Waals surface area (Å²) in [5, 5.41) is 10.3. The number of para-hydroxylation sites is 1. The van der Waals surface area contributed by atoms with Crippen LogP contribution in [-0.4, -0.2) is 19.3 Å². The van der Waals surface area contributed by atoms with Crippen LogP contribution in [0.3, 0.4) is 0 Å². The largest absolute Gasteiger partial charge is 0.497 e. The molecule has 0 aliphatic rings. The monoisotopic (exact) mass is 277 g/mol. The van der Waals surface area contributed by atoms with Crippen LogP contribution in [0.15, 0.2) is 36.4 Å². The Hall–Kier alpha value is -2.27. The van der Waals surface area contributed by atoms with Crippen LogP contribution in [0.5, 0.6) is 11.5 Å². The summed E-state index contributed by atoms with van der Waals surface area (Å²) in [6.07, 6.45) is -1.17. The molecule has 5 heteroatoms. The van der Waals surface area contributed by atoms with Crippen molar-refractivity contribution >= 4 is 5.69 Å². The summed E-state index contributed by atoms with van der Waals surface area (Å²) in [6.45, 7) is 0. The van der Waals surface area contributed by atoms with E-state index >= 15 is 0 Å². The number of aliphatic hydroxyl groups is 1. The molecule has 0 aliphatic heterocycles. The Morgan fingerprint density at radius 1 is 1.10 bits per heavy atom. The van der Waals surface area contributed by atoms with Gasteiger partial charge in [0.1, 0.15) is 23.4 Å². The number of anilines is 1. The Bertz CT molecular complexity index is 616. The van der Waals surface area contributed by atoms with Crippen molar-refractivity contribution in [2.24, 2.45) is 0 Å². The Kier molecular flexibility index (Phi) is 4.10. The minimum atomic E-state index is -1.17. The standard InChI is InChI=1S/C15H16FNO3/c1-19-9-6-7-10(12(16)8-9)15(18)11-4-3-5-13(20-2)14(11)17/h3-8,15,18H,17H2,1-2H3.